The Balaban J connectivity index is 2.38. The van der Waals surface area contributed by atoms with Gasteiger partial charge in [-0.05, 0) is 18.1 Å². The molecule has 0 atom stereocenters. The first-order valence-corrected chi connectivity index (χ1v) is 6.09. The summed E-state index contributed by atoms with van der Waals surface area (Å²) in [5.41, 5.74) is 1.13. The van der Waals surface area contributed by atoms with Crippen molar-refractivity contribution in [3.63, 3.8) is 0 Å². The maximum absolute atomic E-state index is 13.1. The second-order valence-electron chi connectivity index (χ2n) is 4.34. The minimum Gasteiger partial charge on any atom is -0.340 e. The normalized spacial score (nSPS) is 10.8. The van der Waals surface area contributed by atoms with Crippen molar-refractivity contribution in [1.29, 1.82) is 0 Å². The summed E-state index contributed by atoms with van der Waals surface area (Å²) in [6.07, 6.45) is 1.32. The number of hydrogen-bond acceptors (Lipinski definition) is 3. The van der Waals surface area contributed by atoms with Crippen molar-refractivity contribution >= 4 is 23.1 Å². The molecular formula is C13H12ClF2N3. The summed E-state index contributed by atoms with van der Waals surface area (Å²) in [4.78, 5) is 8.00. The minimum absolute atomic E-state index is 0.0986. The zero-order chi connectivity index (χ0) is 14.0. The molecule has 3 nitrogen and oxygen atoms in total. The van der Waals surface area contributed by atoms with Crippen LogP contribution in [-0.2, 0) is 0 Å². The average Bonchev–Trinajstić information content (AvgIpc) is 2.33. The van der Waals surface area contributed by atoms with Gasteiger partial charge in [0.1, 0.15) is 17.3 Å². The zero-order valence-electron chi connectivity index (χ0n) is 10.4. The molecule has 1 heterocycles. The largest absolute Gasteiger partial charge is 0.340 e. The molecule has 0 amide bonds. The second-order valence-corrected chi connectivity index (χ2v) is 4.69. The first kappa shape index (κ1) is 13.7. The summed E-state index contributed by atoms with van der Waals surface area (Å²) in [5.74, 6) is -1.23. The van der Waals surface area contributed by atoms with E-state index in [2.05, 4.69) is 15.3 Å². The molecule has 0 aliphatic rings. The number of nitrogens with one attached hydrogen (secondary N) is 1. The van der Waals surface area contributed by atoms with Crippen molar-refractivity contribution in [2.45, 2.75) is 19.8 Å². The van der Waals surface area contributed by atoms with Crippen LogP contribution in [0.5, 0.6) is 0 Å². The summed E-state index contributed by atoms with van der Waals surface area (Å²) in [6, 6.07) is 3.55. The van der Waals surface area contributed by atoms with Gasteiger partial charge in [-0.1, -0.05) is 25.4 Å². The Labute approximate surface area is 114 Å². The molecule has 1 aromatic carbocycles. The Bertz CT molecular complexity index is 602. The van der Waals surface area contributed by atoms with E-state index in [1.54, 1.807) is 0 Å². The predicted octanol–water partition coefficient (Wildman–Crippen LogP) is 4.28. The van der Waals surface area contributed by atoms with E-state index in [-0.39, 0.29) is 5.92 Å². The Morgan fingerprint density at radius 1 is 1.16 bits per heavy atom. The van der Waals surface area contributed by atoms with Gasteiger partial charge in [0.05, 0.1) is 0 Å². The van der Waals surface area contributed by atoms with Crippen LogP contribution in [0.2, 0.25) is 5.15 Å². The van der Waals surface area contributed by atoms with Crippen LogP contribution in [0, 0.1) is 11.6 Å². The van der Waals surface area contributed by atoms with Crippen molar-refractivity contribution in [2.24, 2.45) is 0 Å². The highest BCUT2D eigenvalue weighted by Crippen LogP contribution is 2.30. The molecule has 2 aromatic rings. The van der Waals surface area contributed by atoms with Crippen molar-refractivity contribution in [2.75, 3.05) is 5.32 Å². The SMILES string of the molecule is CC(C)c1c(Cl)ncnc1Nc1ccc(F)c(F)c1. The molecule has 1 aromatic heterocycles. The molecule has 0 spiro atoms. The average molecular weight is 284 g/mol. The third kappa shape index (κ3) is 2.98. The summed E-state index contributed by atoms with van der Waals surface area (Å²) in [7, 11) is 0. The van der Waals surface area contributed by atoms with Crippen LogP contribution < -0.4 is 5.32 Å². The van der Waals surface area contributed by atoms with E-state index in [1.165, 1.54) is 12.4 Å². The van der Waals surface area contributed by atoms with Crippen LogP contribution in [0.25, 0.3) is 0 Å². The molecule has 0 radical (unpaired) electrons. The van der Waals surface area contributed by atoms with Gasteiger partial charge in [-0.15, -0.1) is 0 Å². The standard InChI is InChI=1S/C13H12ClF2N3/c1-7(2)11-12(14)17-6-18-13(11)19-8-3-4-9(15)10(16)5-8/h3-7H,1-2H3,(H,17,18,19). The Hall–Kier alpha value is -1.75. The van der Waals surface area contributed by atoms with Gasteiger partial charge in [-0.2, -0.15) is 0 Å². The van der Waals surface area contributed by atoms with Crippen LogP contribution in [-0.4, -0.2) is 9.97 Å². The summed E-state index contributed by atoms with van der Waals surface area (Å²) < 4.78 is 26.0. The van der Waals surface area contributed by atoms with E-state index in [0.717, 1.165) is 17.7 Å². The Morgan fingerprint density at radius 2 is 1.89 bits per heavy atom. The zero-order valence-corrected chi connectivity index (χ0v) is 11.2. The molecule has 2 rings (SSSR count). The smallest absolute Gasteiger partial charge is 0.160 e. The van der Waals surface area contributed by atoms with Gasteiger partial charge in [0.25, 0.3) is 0 Å². The molecular weight excluding hydrogens is 272 g/mol. The van der Waals surface area contributed by atoms with Crippen LogP contribution in [0.15, 0.2) is 24.5 Å². The highest BCUT2D eigenvalue weighted by atomic mass is 35.5. The van der Waals surface area contributed by atoms with Crippen molar-refractivity contribution < 1.29 is 8.78 Å². The van der Waals surface area contributed by atoms with Crippen molar-refractivity contribution in [1.82, 2.24) is 9.97 Å². The number of hydrogen-bond donors (Lipinski definition) is 1. The summed E-state index contributed by atoms with van der Waals surface area (Å²) in [6.45, 7) is 3.89. The molecule has 0 aliphatic heterocycles. The number of benzene rings is 1. The highest BCUT2D eigenvalue weighted by Gasteiger charge is 2.14. The van der Waals surface area contributed by atoms with E-state index >= 15 is 0 Å². The van der Waals surface area contributed by atoms with E-state index in [1.807, 2.05) is 13.8 Å². The first-order valence-electron chi connectivity index (χ1n) is 5.71. The lowest BCUT2D eigenvalue weighted by Gasteiger charge is -2.14. The number of halogens is 3. The fourth-order valence-corrected chi connectivity index (χ4v) is 2.05. The fourth-order valence-electron chi connectivity index (χ4n) is 1.70. The highest BCUT2D eigenvalue weighted by molar-refractivity contribution is 6.30. The minimum atomic E-state index is -0.920. The Morgan fingerprint density at radius 3 is 2.53 bits per heavy atom. The summed E-state index contributed by atoms with van der Waals surface area (Å²) in [5, 5.41) is 3.26. The van der Waals surface area contributed by atoms with Crippen LogP contribution in [0.1, 0.15) is 25.3 Å². The number of aromatic nitrogens is 2. The maximum Gasteiger partial charge on any atom is 0.160 e. The van der Waals surface area contributed by atoms with Gasteiger partial charge >= 0.3 is 0 Å². The van der Waals surface area contributed by atoms with E-state index in [9.17, 15) is 8.78 Å². The van der Waals surface area contributed by atoms with Gasteiger partial charge in [0, 0.05) is 17.3 Å². The maximum atomic E-state index is 13.1. The van der Waals surface area contributed by atoms with Crippen LogP contribution in [0.3, 0.4) is 0 Å². The lowest BCUT2D eigenvalue weighted by atomic mass is 10.1. The molecule has 1 N–H and O–H groups in total. The van der Waals surface area contributed by atoms with Gasteiger partial charge in [0.15, 0.2) is 11.6 Å². The molecule has 6 heteroatoms. The van der Waals surface area contributed by atoms with Gasteiger partial charge in [-0.25, -0.2) is 18.7 Å². The molecule has 0 saturated carbocycles. The van der Waals surface area contributed by atoms with E-state index < -0.39 is 11.6 Å². The summed E-state index contributed by atoms with van der Waals surface area (Å²) >= 11 is 6.02. The quantitative estimate of drug-likeness (QED) is 0.855. The fraction of sp³-hybridized carbons (Fsp3) is 0.231. The van der Waals surface area contributed by atoms with Gasteiger partial charge in [-0.3, -0.25) is 0 Å². The van der Waals surface area contributed by atoms with Crippen LogP contribution in [0.4, 0.5) is 20.3 Å². The van der Waals surface area contributed by atoms with Gasteiger partial charge in [0.2, 0.25) is 0 Å². The number of rotatable bonds is 3. The predicted molar refractivity (Wildman–Crippen MR) is 70.8 cm³/mol. The molecule has 19 heavy (non-hydrogen) atoms. The third-order valence-electron chi connectivity index (χ3n) is 2.59. The number of anilines is 2. The second kappa shape index (κ2) is 5.48. The molecule has 0 unspecified atom stereocenters. The molecule has 0 saturated heterocycles. The van der Waals surface area contributed by atoms with Gasteiger partial charge < -0.3 is 5.32 Å². The van der Waals surface area contributed by atoms with E-state index in [4.69, 9.17) is 11.6 Å². The molecule has 0 bridgehead atoms. The number of nitrogens with zero attached hydrogens (tertiary/aromatic N) is 2. The van der Waals surface area contributed by atoms with E-state index in [0.29, 0.717) is 16.7 Å². The third-order valence-corrected chi connectivity index (χ3v) is 2.90. The van der Waals surface area contributed by atoms with Crippen molar-refractivity contribution in [3.8, 4) is 0 Å². The Kier molecular flexibility index (Phi) is 3.95. The van der Waals surface area contributed by atoms with Crippen molar-refractivity contribution in [3.05, 3.63) is 46.9 Å². The first-order chi connectivity index (χ1) is 8.99. The monoisotopic (exact) mass is 283 g/mol. The topological polar surface area (TPSA) is 37.8 Å². The van der Waals surface area contributed by atoms with Crippen LogP contribution >= 0.6 is 11.6 Å². The molecule has 0 fully saturated rings. The molecule has 100 valence electrons. The lowest BCUT2D eigenvalue weighted by Crippen LogP contribution is -2.03. The lowest BCUT2D eigenvalue weighted by molar-refractivity contribution is 0.509. The molecule has 0 aliphatic carbocycles.